The summed E-state index contributed by atoms with van der Waals surface area (Å²) < 4.78 is 13.6. The molecule has 0 saturated heterocycles. The van der Waals surface area contributed by atoms with Crippen LogP contribution < -0.4 is 5.32 Å². The van der Waals surface area contributed by atoms with Crippen molar-refractivity contribution >= 4 is 23.1 Å². The summed E-state index contributed by atoms with van der Waals surface area (Å²) in [5.74, 6) is 0.988. The lowest BCUT2D eigenvalue weighted by Gasteiger charge is -2.32. The average molecular weight is 319 g/mol. The largest absolute Gasteiger partial charge is 0.303 e. The van der Waals surface area contributed by atoms with Crippen LogP contribution in [0.4, 0.5) is 4.39 Å². The molecule has 0 spiro atoms. The van der Waals surface area contributed by atoms with E-state index in [0.717, 1.165) is 17.7 Å². The topological polar surface area (TPSA) is 12.0 Å². The lowest BCUT2D eigenvalue weighted by atomic mass is 9.92. The summed E-state index contributed by atoms with van der Waals surface area (Å²) in [5, 5.41) is 6.01. The number of aryl methyl sites for hydroxylation is 1. The van der Waals surface area contributed by atoms with E-state index in [0.29, 0.717) is 6.04 Å². The van der Waals surface area contributed by atoms with Crippen LogP contribution in [0.1, 0.15) is 47.4 Å². The van der Waals surface area contributed by atoms with E-state index in [2.05, 4.69) is 16.8 Å². The third-order valence-electron chi connectivity index (χ3n) is 4.47. The predicted octanol–water partition coefficient (Wildman–Crippen LogP) is 5.09. The Morgan fingerprint density at radius 2 is 2.00 bits per heavy atom. The highest BCUT2D eigenvalue weighted by Crippen LogP contribution is 2.40. The van der Waals surface area contributed by atoms with E-state index < -0.39 is 0 Å². The molecule has 2 aliphatic rings. The SMILES string of the molecule is Fc1ccc2c(c1)C(NC1CCCc3sccc31)CCS2. The normalized spacial score (nSPS) is 24.4. The highest BCUT2D eigenvalue weighted by atomic mass is 32.2. The Morgan fingerprint density at radius 1 is 1.10 bits per heavy atom. The maximum atomic E-state index is 13.6. The fourth-order valence-electron chi connectivity index (χ4n) is 3.44. The van der Waals surface area contributed by atoms with Crippen molar-refractivity contribution in [1.29, 1.82) is 0 Å². The molecule has 0 fully saturated rings. The molecule has 0 bridgehead atoms. The van der Waals surface area contributed by atoms with Gasteiger partial charge in [-0.1, -0.05) is 0 Å². The van der Waals surface area contributed by atoms with Crippen LogP contribution >= 0.6 is 23.1 Å². The van der Waals surface area contributed by atoms with Crippen LogP contribution in [-0.4, -0.2) is 5.75 Å². The minimum Gasteiger partial charge on any atom is -0.303 e. The summed E-state index contributed by atoms with van der Waals surface area (Å²) in [6.45, 7) is 0. The third kappa shape index (κ3) is 2.65. The standard InChI is InChI=1S/C17H18FNS2/c18-11-4-5-17-13(10-11)15(7-9-21-17)19-14-2-1-3-16-12(14)6-8-20-16/h4-6,8,10,14-15,19H,1-3,7,9H2. The van der Waals surface area contributed by atoms with E-state index in [4.69, 9.17) is 0 Å². The molecule has 1 nitrogen and oxygen atoms in total. The molecular weight excluding hydrogens is 301 g/mol. The summed E-state index contributed by atoms with van der Waals surface area (Å²) in [5.41, 5.74) is 2.62. The van der Waals surface area contributed by atoms with Gasteiger partial charge in [0.2, 0.25) is 0 Å². The molecule has 21 heavy (non-hydrogen) atoms. The van der Waals surface area contributed by atoms with Gasteiger partial charge in [0.25, 0.3) is 0 Å². The third-order valence-corrected chi connectivity index (χ3v) is 6.58. The molecule has 1 aromatic carbocycles. The van der Waals surface area contributed by atoms with E-state index in [1.165, 1.54) is 34.6 Å². The van der Waals surface area contributed by atoms with Crippen molar-refractivity contribution in [2.24, 2.45) is 0 Å². The summed E-state index contributed by atoms with van der Waals surface area (Å²) >= 11 is 3.72. The van der Waals surface area contributed by atoms with Crippen molar-refractivity contribution in [2.45, 2.75) is 42.7 Å². The Balaban J connectivity index is 1.61. The molecule has 1 aliphatic heterocycles. The second kappa shape index (κ2) is 5.75. The van der Waals surface area contributed by atoms with Gasteiger partial charge in [0.1, 0.15) is 5.82 Å². The van der Waals surface area contributed by atoms with Crippen LogP contribution in [0.25, 0.3) is 0 Å². The van der Waals surface area contributed by atoms with Gasteiger partial charge in [-0.25, -0.2) is 4.39 Å². The first-order chi connectivity index (χ1) is 10.3. The minimum atomic E-state index is -0.122. The van der Waals surface area contributed by atoms with Crippen molar-refractivity contribution in [2.75, 3.05) is 5.75 Å². The molecule has 2 heterocycles. The molecule has 0 radical (unpaired) electrons. The van der Waals surface area contributed by atoms with Crippen LogP contribution in [0.2, 0.25) is 0 Å². The molecule has 2 unspecified atom stereocenters. The highest BCUT2D eigenvalue weighted by Gasteiger charge is 2.27. The molecule has 4 rings (SSSR count). The molecule has 2 aromatic rings. The fourth-order valence-corrected chi connectivity index (χ4v) is 5.53. The summed E-state index contributed by atoms with van der Waals surface area (Å²) in [7, 11) is 0. The molecule has 0 saturated carbocycles. The molecule has 4 heteroatoms. The minimum absolute atomic E-state index is 0.122. The molecule has 2 atom stereocenters. The number of rotatable bonds is 2. The van der Waals surface area contributed by atoms with Crippen LogP contribution in [-0.2, 0) is 6.42 Å². The number of halogens is 1. The van der Waals surface area contributed by atoms with E-state index >= 15 is 0 Å². The first-order valence-electron chi connectivity index (χ1n) is 7.56. The Kier molecular flexibility index (Phi) is 3.78. The van der Waals surface area contributed by atoms with Gasteiger partial charge in [0.15, 0.2) is 0 Å². The van der Waals surface area contributed by atoms with Crippen molar-refractivity contribution in [1.82, 2.24) is 5.32 Å². The van der Waals surface area contributed by atoms with Gasteiger partial charge in [0.05, 0.1) is 0 Å². The summed E-state index contributed by atoms with van der Waals surface area (Å²) in [6.07, 6.45) is 4.74. The lowest BCUT2D eigenvalue weighted by molar-refractivity contribution is 0.390. The second-order valence-corrected chi connectivity index (χ2v) is 7.92. The second-order valence-electron chi connectivity index (χ2n) is 5.78. The number of fused-ring (bicyclic) bond motifs is 2. The Morgan fingerprint density at radius 3 is 2.95 bits per heavy atom. The van der Waals surface area contributed by atoms with Crippen LogP contribution in [0.3, 0.4) is 0 Å². The predicted molar refractivity (Wildman–Crippen MR) is 87.6 cm³/mol. The Hall–Kier alpha value is -0.840. The van der Waals surface area contributed by atoms with Crippen LogP contribution in [0.15, 0.2) is 34.5 Å². The van der Waals surface area contributed by atoms with Gasteiger partial charge in [-0.15, -0.1) is 23.1 Å². The number of hydrogen-bond donors (Lipinski definition) is 1. The molecule has 1 N–H and O–H groups in total. The molecule has 0 amide bonds. The zero-order valence-corrected chi connectivity index (χ0v) is 13.4. The quantitative estimate of drug-likeness (QED) is 0.827. The van der Waals surface area contributed by atoms with Crippen molar-refractivity contribution in [3.63, 3.8) is 0 Å². The number of thioether (sulfide) groups is 1. The van der Waals surface area contributed by atoms with Crippen LogP contribution in [0, 0.1) is 5.82 Å². The van der Waals surface area contributed by atoms with Crippen molar-refractivity contribution in [3.8, 4) is 0 Å². The molecule has 110 valence electrons. The first kappa shape index (κ1) is 13.8. The Bertz CT molecular complexity index is 652. The van der Waals surface area contributed by atoms with Crippen molar-refractivity contribution in [3.05, 3.63) is 51.5 Å². The van der Waals surface area contributed by atoms with Crippen molar-refractivity contribution < 1.29 is 4.39 Å². The maximum absolute atomic E-state index is 13.6. The zero-order valence-electron chi connectivity index (χ0n) is 11.8. The highest BCUT2D eigenvalue weighted by molar-refractivity contribution is 7.99. The van der Waals surface area contributed by atoms with E-state index in [1.807, 2.05) is 29.2 Å². The summed E-state index contributed by atoms with van der Waals surface area (Å²) in [4.78, 5) is 2.77. The van der Waals surface area contributed by atoms with E-state index in [-0.39, 0.29) is 11.9 Å². The monoisotopic (exact) mass is 319 g/mol. The molecular formula is C17H18FNS2. The van der Waals surface area contributed by atoms with E-state index in [1.54, 1.807) is 12.1 Å². The first-order valence-corrected chi connectivity index (χ1v) is 9.42. The number of benzene rings is 1. The van der Waals surface area contributed by atoms with Gasteiger partial charge < -0.3 is 5.32 Å². The fraction of sp³-hybridized carbons (Fsp3) is 0.412. The number of nitrogens with one attached hydrogen (secondary N) is 1. The van der Waals surface area contributed by atoms with E-state index in [9.17, 15) is 4.39 Å². The average Bonchev–Trinajstić information content (AvgIpc) is 2.97. The van der Waals surface area contributed by atoms with Gasteiger partial charge in [-0.05, 0) is 72.2 Å². The van der Waals surface area contributed by atoms with Gasteiger partial charge in [0, 0.05) is 21.9 Å². The number of hydrogen-bond acceptors (Lipinski definition) is 3. The Labute approximate surface area is 133 Å². The smallest absolute Gasteiger partial charge is 0.123 e. The van der Waals surface area contributed by atoms with Gasteiger partial charge in [-0.3, -0.25) is 0 Å². The maximum Gasteiger partial charge on any atom is 0.123 e. The lowest BCUT2D eigenvalue weighted by Crippen LogP contribution is -2.30. The van der Waals surface area contributed by atoms with Crippen LogP contribution in [0.5, 0.6) is 0 Å². The number of thiophene rings is 1. The molecule has 1 aromatic heterocycles. The zero-order chi connectivity index (χ0) is 14.2. The van der Waals surface area contributed by atoms with Gasteiger partial charge in [-0.2, -0.15) is 0 Å². The molecule has 1 aliphatic carbocycles. The van der Waals surface area contributed by atoms with Gasteiger partial charge >= 0.3 is 0 Å². The summed E-state index contributed by atoms with van der Waals surface area (Å²) in [6, 6.07) is 8.21.